The van der Waals surface area contributed by atoms with Crippen LogP contribution in [0.2, 0.25) is 0 Å². The minimum atomic E-state index is -3.84. The van der Waals surface area contributed by atoms with E-state index in [0.29, 0.717) is 38.2 Å². The smallest absolute Gasteiger partial charge is 0.243 e. The van der Waals surface area contributed by atoms with Crippen molar-refractivity contribution in [1.82, 2.24) is 24.6 Å². The number of carbonyl (C=O) groups excluding carboxylic acids is 1. The number of hydrogen-bond donors (Lipinski definition) is 1. The molecule has 4 rings (SSSR count). The van der Waals surface area contributed by atoms with Crippen molar-refractivity contribution >= 4 is 27.0 Å². The zero-order chi connectivity index (χ0) is 23.3. The fourth-order valence-electron chi connectivity index (χ4n) is 4.64. The predicted molar refractivity (Wildman–Crippen MR) is 125 cm³/mol. The maximum absolute atomic E-state index is 13.5. The van der Waals surface area contributed by atoms with Gasteiger partial charge in [0.15, 0.2) is 0 Å². The third kappa shape index (κ3) is 5.44. The Morgan fingerprint density at radius 1 is 1.24 bits per heavy atom. The van der Waals surface area contributed by atoms with Crippen molar-refractivity contribution < 1.29 is 17.9 Å². The highest BCUT2D eigenvalue weighted by atomic mass is 32.2. The Balaban J connectivity index is 1.47. The van der Waals surface area contributed by atoms with Crippen LogP contribution in [0.3, 0.4) is 0 Å². The summed E-state index contributed by atoms with van der Waals surface area (Å²) in [4.78, 5) is 13.1. The first-order valence-corrected chi connectivity index (χ1v) is 13.2. The Bertz CT molecular complexity index is 1110. The number of aromatic nitrogens is 3. The van der Waals surface area contributed by atoms with Crippen LogP contribution in [0.5, 0.6) is 0 Å². The number of hydrogen-bond acceptors (Lipinski definition) is 6. The Kier molecular flexibility index (Phi) is 7.77. The third-order valence-electron chi connectivity index (χ3n) is 6.49. The van der Waals surface area contributed by atoms with E-state index >= 15 is 0 Å². The summed E-state index contributed by atoms with van der Waals surface area (Å²) in [6.45, 7) is 1.90. The monoisotopic (exact) mass is 475 g/mol. The van der Waals surface area contributed by atoms with Crippen LogP contribution in [0.15, 0.2) is 34.7 Å². The Hall–Kier alpha value is -2.30. The SMILES string of the molecule is COCCn1nnc2cc(S(=O)(=O)N3CCCC[C@@H]3C(=O)NCCC3=CCCCC3)ccc21. The van der Waals surface area contributed by atoms with E-state index in [1.165, 1.54) is 22.7 Å². The van der Waals surface area contributed by atoms with Gasteiger partial charge in [0, 0.05) is 20.2 Å². The van der Waals surface area contributed by atoms with Crippen LogP contribution in [0.25, 0.3) is 11.0 Å². The van der Waals surface area contributed by atoms with E-state index in [9.17, 15) is 13.2 Å². The summed E-state index contributed by atoms with van der Waals surface area (Å²) in [7, 11) is -2.23. The lowest BCUT2D eigenvalue weighted by Gasteiger charge is -2.33. The molecule has 2 heterocycles. The molecule has 1 aromatic carbocycles. The molecule has 0 unspecified atom stereocenters. The molecule has 10 heteroatoms. The van der Waals surface area contributed by atoms with E-state index in [1.54, 1.807) is 30.0 Å². The van der Waals surface area contributed by atoms with Crippen LogP contribution in [0, 0.1) is 0 Å². The van der Waals surface area contributed by atoms with Crippen LogP contribution >= 0.6 is 0 Å². The molecule has 9 nitrogen and oxygen atoms in total. The molecule has 0 radical (unpaired) electrons. The van der Waals surface area contributed by atoms with Crippen molar-refractivity contribution in [2.24, 2.45) is 0 Å². The van der Waals surface area contributed by atoms with Crippen molar-refractivity contribution in [3.63, 3.8) is 0 Å². The first-order valence-electron chi connectivity index (χ1n) is 11.8. The van der Waals surface area contributed by atoms with Gasteiger partial charge < -0.3 is 10.1 Å². The van der Waals surface area contributed by atoms with Crippen LogP contribution in [-0.2, 0) is 26.1 Å². The molecule has 180 valence electrons. The molecule has 2 aliphatic rings. The quantitative estimate of drug-likeness (QED) is 0.559. The van der Waals surface area contributed by atoms with Gasteiger partial charge in [0.1, 0.15) is 11.6 Å². The maximum atomic E-state index is 13.5. The fraction of sp³-hybridized carbons (Fsp3) is 0.609. The highest BCUT2D eigenvalue weighted by Gasteiger charge is 2.37. The molecule has 1 fully saturated rings. The number of nitrogens with zero attached hydrogens (tertiary/aromatic N) is 4. The lowest BCUT2D eigenvalue weighted by molar-refractivity contribution is -0.125. The van der Waals surface area contributed by atoms with Crippen molar-refractivity contribution in [1.29, 1.82) is 0 Å². The molecule has 1 amide bonds. The van der Waals surface area contributed by atoms with Crippen molar-refractivity contribution in [2.75, 3.05) is 26.8 Å². The van der Waals surface area contributed by atoms with Gasteiger partial charge in [0.25, 0.3) is 0 Å². The molecular formula is C23H33N5O4S. The van der Waals surface area contributed by atoms with Crippen LogP contribution in [0.4, 0.5) is 0 Å². The highest BCUT2D eigenvalue weighted by molar-refractivity contribution is 7.89. The maximum Gasteiger partial charge on any atom is 0.243 e. The summed E-state index contributed by atoms with van der Waals surface area (Å²) in [5.41, 5.74) is 2.64. The summed E-state index contributed by atoms with van der Waals surface area (Å²) in [5, 5.41) is 11.2. The normalized spacial score (nSPS) is 20.0. The molecule has 2 aromatic rings. The van der Waals surface area contributed by atoms with Gasteiger partial charge in [0.05, 0.1) is 23.6 Å². The number of sulfonamides is 1. The topological polar surface area (TPSA) is 106 Å². The van der Waals surface area contributed by atoms with Gasteiger partial charge in [0.2, 0.25) is 15.9 Å². The summed E-state index contributed by atoms with van der Waals surface area (Å²) in [5.74, 6) is -0.207. The number of benzene rings is 1. The van der Waals surface area contributed by atoms with E-state index in [-0.39, 0.29) is 10.8 Å². The summed E-state index contributed by atoms with van der Waals surface area (Å²) >= 11 is 0. The number of ether oxygens (including phenoxy) is 1. The van der Waals surface area contributed by atoms with Crippen molar-refractivity contribution in [3.8, 4) is 0 Å². The first kappa shape index (κ1) is 23.8. The molecule has 1 N–H and O–H groups in total. The predicted octanol–water partition coefficient (Wildman–Crippen LogP) is 2.63. The van der Waals surface area contributed by atoms with Gasteiger partial charge in [-0.25, -0.2) is 13.1 Å². The molecule has 0 spiro atoms. The molecule has 1 saturated heterocycles. The van der Waals surface area contributed by atoms with Gasteiger partial charge in [-0.1, -0.05) is 23.3 Å². The van der Waals surface area contributed by atoms with Crippen LogP contribution < -0.4 is 5.32 Å². The number of nitrogens with one attached hydrogen (secondary N) is 1. The van der Waals surface area contributed by atoms with E-state index in [0.717, 1.165) is 37.6 Å². The second kappa shape index (κ2) is 10.8. The van der Waals surface area contributed by atoms with Crippen molar-refractivity contribution in [3.05, 3.63) is 29.8 Å². The fourth-order valence-corrected chi connectivity index (χ4v) is 6.32. The van der Waals surface area contributed by atoms with Gasteiger partial charge in [-0.15, -0.1) is 5.10 Å². The minimum Gasteiger partial charge on any atom is -0.383 e. The van der Waals surface area contributed by atoms with E-state index in [4.69, 9.17) is 4.74 Å². The van der Waals surface area contributed by atoms with Gasteiger partial charge >= 0.3 is 0 Å². The lowest BCUT2D eigenvalue weighted by atomic mass is 9.97. The number of fused-ring (bicyclic) bond motifs is 1. The van der Waals surface area contributed by atoms with E-state index in [2.05, 4.69) is 21.7 Å². The molecule has 1 aromatic heterocycles. The number of amides is 1. The molecule has 1 atom stereocenters. The minimum absolute atomic E-state index is 0.140. The van der Waals surface area contributed by atoms with E-state index < -0.39 is 16.1 Å². The molecule has 33 heavy (non-hydrogen) atoms. The van der Waals surface area contributed by atoms with Crippen LogP contribution in [-0.4, -0.2) is 66.5 Å². The number of carbonyl (C=O) groups is 1. The summed E-state index contributed by atoms with van der Waals surface area (Å²) in [6.07, 6.45) is 9.87. The van der Waals surface area contributed by atoms with Gasteiger partial charge in [-0.05, 0) is 63.1 Å². The van der Waals surface area contributed by atoms with Crippen molar-refractivity contribution in [2.45, 2.75) is 68.8 Å². The second-order valence-corrected chi connectivity index (χ2v) is 10.6. The number of allylic oxidation sites excluding steroid dienone is 1. The molecule has 0 saturated carbocycles. The first-order chi connectivity index (χ1) is 16.0. The largest absolute Gasteiger partial charge is 0.383 e. The zero-order valence-corrected chi connectivity index (χ0v) is 20.0. The zero-order valence-electron chi connectivity index (χ0n) is 19.2. The molecular weight excluding hydrogens is 442 g/mol. The van der Waals surface area contributed by atoms with Gasteiger partial charge in [-0.3, -0.25) is 4.79 Å². The molecule has 1 aliphatic heterocycles. The van der Waals surface area contributed by atoms with Crippen LogP contribution in [0.1, 0.15) is 51.4 Å². The average Bonchev–Trinajstić information content (AvgIpc) is 3.25. The molecule has 1 aliphatic carbocycles. The lowest BCUT2D eigenvalue weighted by Crippen LogP contribution is -2.51. The number of piperidine rings is 1. The highest BCUT2D eigenvalue weighted by Crippen LogP contribution is 2.27. The molecule has 0 bridgehead atoms. The third-order valence-corrected chi connectivity index (χ3v) is 8.39. The average molecular weight is 476 g/mol. The summed E-state index contributed by atoms with van der Waals surface area (Å²) < 4.78 is 35.2. The Labute approximate surface area is 195 Å². The van der Waals surface area contributed by atoms with E-state index in [1.807, 2.05) is 0 Å². The van der Waals surface area contributed by atoms with Gasteiger partial charge in [-0.2, -0.15) is 4.31 Å². The number of rotatable bonds is 9. The number of methoxy groups -OCH3 is 1. The Morgan fingerprint density at radius 3 is 2.91 bits per heavy atom. The second-order valence-electron chi connectivity index (χ2n) is 8.73. The standard InChI is InChI=1S/C23H33N5O4S/c1-32-16-15-27-21-11-10-19(17-20(21)25-26-27)33(30,31)28-14-6-5-9-22(28)23(29)24-13-12-18-7-3-2-4-8-18/h7,10-11,17,22H,2-6,8-9,12-16H2,1H3,(H,24,29)/t22-/m1/s1. The summed E-state index contributed by atoms with van der Waals surface area (Å²) in [6, 6.07) is 4.15. The Morgan fingerprint density at radius 2 is 2.12 bits per heavy atom.